The molecule has 0 aliphatic carbocycles. The Labute approximate surface area is 50.2 Å². The zero-order valence-corrected chi connectivity index (χ0v) is 8.41. The van der Waals surface area contributed by atoms with E-state index < -0.39 is 15.0 Å². The van der Waals surface area contributed by atoms with Crippen LogP contribution in [0.5, 0.6) is 0 Å². The number of hydrogen-bond donors (Lipinski definition) is 0. The fourth-order valence-electron chi connectivity index (χ4n) is 0.289. The van der Waals surface area contributed by atoms with E-state index in [0.29, 0.717) is 0 Å². The Hall–Kier alpha value is 0.636. The van der Waals surface area contributed by atoms with Gasteiger partial charge in [0, 0.05) is 0 Å². The van der Waals surface area contributed by atoms with Crippen molar-refractivity contribution in [3.05, 3.63) is 0 Å². The van der Waals surface area contributed by atoms with Crippen molar-refractivity contribution in [1.29, 1.82) is 0 Å². The molecule has 0 aromatic rings. The molecule has 0 fully saturated rings. The molecule has 0 saturated carbocycles. The van der Waals surface area contributed by atoms with Gasteiger partial charge in [0.1, 0.15) is 0 Å². The van der Waals surface area contributed by atoms with Gasteiger partial charge in [-0.25, -0.2) is 0 Å². The molecule has 0 saturated heterocycles. The second-order valence-electron chi connectivity index (χ2n) is 3.32. The summed E-state index contributed by atoms with van der Waals surface area (Å²) in [5, 5.41) is 0. The average Bonchev–Trinajstić information content (AvgIpc) is 1.68. The minimum absolute atomic E-state index is 1.22. The van der Waals surface area contributed by atoms with E-state index in [9.17, 15) is 0 Å². The topological polar surface area (TPSA) is 0 Å². The summed E-state index contributed by atoms with van der Waals surface area (Å²) in [6.07, 6.45) is 0. The summed E-state index contributed by atoms with van der Waals surface area (Å²) < 4.78 is 0. The molecule has 0 atom stereocenters. The van der Waals surface area contributed by atoms with Crippen molar-refractivity contribution < 1.29 is 0 Å². The zero-order chi connectivity index (χ0) is 5.91. The van der Waals surface area contributed by atoms with Gasteiger partial charge in [0.2, 0.25) is 0 Å². The molecule has 0 aromatic carbocycles. The molecule has 1 heteroatoms. The molecular formula is C6H16Ga-. The maximum atomic E-state index is 2.50. The van der Waals surface area contributed by atoms with Crippen LogP contribution in [0, 0.1) is 0 Å². The van der Waals surface area contributed by atoms with Gasteiger partial charge in [-0.1, -0.05) is 0 Å². The van der Waals surface area contributed by atoms with Crippen molar-refractivity contribution >= 4 is 15.0 Å². The molecule has 0 unspecified atom stereocenters. The molecule has 0 spiro atoms. The fraction of sp³-hybridized carbons (Fsp3) is 1.00. The van der Waals surface area contributed by atoms with E-state index in [-0.39, 0.29) is 0 Å². The normalized spacial score (nSPS) is 12.0. The zero-order valence-electron chi connectivity index (χ0n) is 5.99. The molecule has 0 bridgehead atoms. The van der Waals surface area contributed by atoms with E-state index in [1.54, 1.807) is 0 Å². The van der Waals surface area contributed by atoms with Gasteiger partial charge in [0.25, 0.3) is 0 Å². The SMILES string of the molecule is C[CH2][Ga-]([CH3])([CH3])[CH2]C. The third kappa shape index (κ3) is 3.24. The van der Waals surface area contributed by atoms with E-state index in [0.717, 1.165) is 0 Å². The van der Waals surface area contributed by atoms with Crippen molar-refractivity contribution in [3.63, 3.8) is 0 Å². The van der Waals surface area contributed by atoms with Gasteiger partial charge in [-0.15, -0.1) is 0 Å². The third-order valence-electron chi connectivity index (χ3n) is 2.21. The quantitative estimate of drug-likeness (QED) is 0.542. The summed E-state index contributed by atoms with van der Waals surface area (Å²) in [4.78, 5) is 3.00. The molecule has 7 heavy (non-hydrogen) atoms. The molecular weight excluding hydrogens is 142 g/mol. The van der Waals surface area contributed by atoms with Crippen LogP contribution in [0.1, 0.15) is 13.8 Å². The minimum atomic E-state index is -1.22. The molecule has 0 amide bonds. The molecule has 0 rings (SSSR count). The van der Waals surface area contributed by atoms with Crippen molar-refractivity contribution in [2.45, 2.75) is 34.8 Å². The predicted molar refractivity (Wildman–Crippen MR) is 38.4 cm³/mol. The molecule has 0 N–H and O–H groups in total. The molecule has 44 valence electrons. The summed E-state index contributed by atoms with van der Waals surface area (Å²) in [5.41, 5.74) is 5.00. The first-order valence-electron chi connectivity index (χ1n) is 3.39. The molecule has 0 radical (unpaired) electrons. The summed E-state index contributed by atoms with van der Waals surface area (Å²) in [7, 11) is 0. The fourth-order valence-corrected chi connectivity index (χ4v) is 1.50. The molecule has 0 nitrogen and oxygen atoms in total. The van der Waals surface area contributed by atoms with Crippen LogP contribution < -0.4 is 0 Å². The molecule has 0 heterocycles. The van der Waals surface area contributed by atoms with E-state index in [4.69, 9.17) is 0 Å². The van der Waals surface area contributed by atoms with Crippen LogP contribution >= 0.6 is 0 Å². The van der Waals surface area contributed by atoms with Gasteiger partial charge in [-0.2, -0.15) is 0 Å². The van der Waals surface area contributed by atoms with Crippen molar-refractivity contribution in [2.75, 3.05) is 0 Å². The van der Waals surface area contributed by atoms with Gasteiger partial charge in [-0.05, 0) is 0 Å². The van der Waals surface area contributed by atoms with Crippen molar-refractivity contribution in [1.82, 2.24) is 0 Å². The summed E-state index contributed by atoms with van der Waals surface area (Å²) in [6, 6.07) is 0. The number of hydrogen-bond acceptors (Lipinski definition) is 0. The Morgan fingerprint density at radius 1 is 1.00 bits per heavy atom. The van der Waals surface area contributed by atoms with Crippen LogP contribution in [-0.4, -0.2) is 15.0 Å². The number of rotatable bonds is 2. The Balaban J connectivity index is 3.36. The summed E-state index contributed by atoms with van der Waals surface area (Å²) >= 11 is -1.22. The van der Waals surface area contributed by atoms with Gasteiger partial charge < -0.3 is 0 Å². The average molecular weight is 158 g/mol. The summed E-state index contributed by atoms with van der Waals surface area (Å²) in [6.45, 7) is 4.66. The van der Waals surface area contributed by atoms with Crippen molar-refractivity contribution in [2.24, 2.45) is 0 Å². The Kier molecular flexibility index (Phi) is 3.08. The first-order valence-corrected chi connectivity index (χ1v) is 11.7. The van der Waals surface area contributed by atoms with E-state index in [1.807, 2.05) is 0 Å². The monoisotopic (exact) mass is 157 g/mol. The van der Waals surface area contributed by atoms with Crippen LogP contribution in [0.15, 0.2) is 0 Å². The van der Waals surface area contributed by atoms with Gasteiger partial charge >= 0.3 is 49.8 Å². The van der Waals surface area contributed by atoms with Crippen LogP contribution in [0.3, 0.4) is 0 Å². The van der Waals surface area contributed by atoms with E-state index >= 15 is 0 Å². The standard InChI is InChI=1S/2C2H5.2CH3.Ga/c2*1-2;;;/h2*1H2,2H3;2*1H3;/q;;;;-1. The van der Waals surface area contributed by atoms with Gasteiger partial charge in [-0.3, -0.25) is 0 Å². The molecule has 0 aliphatic heterocycles. The van der Waals surface area contributed by atoms with Crippen LogP contribution in [0.25, 0.3) is 0 Å². The van der Waals surface area contributed by atoms with Crippen LogP contribution in [0.4, 0.5) is 0 Å². The first-order chi connectivity index (χ1) is 3.12. The Morgan fingerprint density at radius 3 is 1.29 bits per heavy atom. The summed E-state index contributed by atoms with van der Waals surface area (Å²) in [5.74, 6) is 0. The third-order valence-corrected chi connectivity index (χ3v) is 11.5. The Morgan fingerprint density at radius 2 is 1.29 bits per heavy atom. The maximum absolute atomic E-state index is 2.50. The Bertz CT molecular complexity index is 42.1. The van der Waals surface area contributed by atoms with Crippen LogP contribution in [-0.2, 0) is 0 Å². The van der Waals surface area contributed by atoms with Crippen molar-refractivity contribution in [3.8, 4) is 0 Å². The predicted octanol–water partition coefficient (Wildman–Crippen LogP) is 2.73. The molecule has 0 aromatic heterocycles. The van der Waals surface area contributed by atoms with E-state index in [1.165, 1.54) is 9.95 Å². The first kappa shape index (κ1) is 7.64. The second-order valence-corrected chi connectivity index (χ2v) is 17.2. The van der Waals surface area contributed by atoms with Gasteiger partial charge in [0.05, 0.1) is 0 Å². The molecule has 0 aliphatic rings. The second kappa shape index (κ2) is 2.83. The van der Waals surface area contributed by atoms with Crippen LogP contribution in [0.2, 0.25) is 20.9 Å². The van der Waals surface area contributed by atoms with Gasteiger partial charge in [0.15, 0.2) is 0 Å². The van der Waals surface area contributed by atoms with E-state index in [2.05, 4.69) is 24.8 Å².